The van der Waals surface area contributed by atoms with Crippen LogP contribution in [-0.4, -0.2) is 48.7 Å². The van der Waals surface area contributed by atoms with Crippen molar-refractivity contribution in [1.82, 2.24) is 19.7 Å². The van der Waals surface area contributed by atoms with Gasteiger partial charge in [0, 0.05) is 37.3 Å². The fraction of sp³-hybridized carbons (Fsp3) is 0.500. The quantitative estimate of drug-likeness (QED) is 0.739. The number of aryl methyl sites for hydroxylation is 1. The Kier molecular flexibility index (Phi) is 5.79. The highest BCUT2D eigenvalue weighted by molar-refractivity contribution is 8.23. The van der Waals surface area contributed by atoms with Crippen molar-refractivity contribution in [2.75, 3.05) is 24.2 Å². The van der Waals surface area contributed by atoms with Crippen LogP contribution in [0.4, 0.5) is 5.13 Å². The van der Waals surface area contributed by atoms with E-state index in [1.807, 2.05) is 23.6 Å². The van der Waals surface area contributed by atoms with E-state index >= 15 is 0 Å². The minimum Gasteiger partial charge on any atom is -0.356 e. The molecule has 2 aliphatic heterocycles. The summed E-state index contributed by atoms with van der Waals surface area (Å²) in [5, 5.41) is 12.2. The van der Waals surface area contributed by atoms with E-state index in [1.165, 1.54) is 23.1 Å². The molecular weight excluding hydrogens is 414 g/mol. The molecule has 1 N–H and O–H groups in total. The Labute approximate surface area is 176 Å². The number of thiocarbonyl (C=S) groups is 1. The van der Waals surface area contributed by atoms with Gasteiger partial charge >= 0.3 is 0 Å². The van der Waals surface area contributed by atoms with Crippen LogP contribution >= 0.6 is 35.3 Å². The monoisotopic (exact) mass is 435 g/mol. The maximum absolute atomic E-state index is 12.2. The zero-order chi connectivity index (χ0) is 19.7. The van der Waals surface area contributed by atoms with E-state index in [-0.39, 0.29) is 17.2 Å². The third-order valence-electron chi connectivity index (χ3n) is 5.08. The number of likely N-dealkylation sites (tertiary alicyclic amines) is 1. The second-order valence-electron chi connectivity index (χ2n) is 7.06. The second-order valence-corrected chi connectivity index (χ2v) is 9.73. The summed E-state index contributed by atoms with van der Waals surface area (Å²) < 4.78 is 2.65. The van der Waals surface area contributed by atoms with Crippen LogP contribution in [0.2, 0.25) is 0 Å². The molecule has 1 saturated heterocycles. The topological polar surface area (TPSA) is 80.1 Å². The van der Waals surface area contributed by atoms with Crippen molar-refractivity contribution in [1.29, 1.82) is 0 Å². The molecule has 2 atom stereocenters. The number of thioether (sulfide) groups is 1. The molecule has 0 aliphatic carbocycles. The first-order valence-corrected chi connectivity index (χ1v) is 11.5. The average Bonchev–Trinajstić information content (AvgIpc) is 3.14. The Morgan fingerprint density at radius 2 is 2.21 bits per heavy atom. The summed E-state index contributed by atoms with van der Waals surface area (Å²) in [5.41, 5.74) is 1.18. The molecule has 0 radical (unpaired) electrons. The van der Waals surface area contributed by atoms with Crippen LogP contribution < -0.4 is 10.9 Å². The molecular formula is C18H21N5O2S3. The van der Waals surface area contributed by atoms with Crippen molar-refractivity contribution in [3.05, 3.63) is 39.3 Å². The van der Waals surface area contributed by atoms with Gasteiger partial charge in [0.2, 0.25) is 11.0 Å². The molecule has 1 fully saturated rings. The molecule has 2 aromatic heterocycles. The molecule has 148 valence electrons. The number of carbonyl (C=O) groups excluding carboxylic acids is 1. The highest BCUT2D eigenvalue weighted by Crippen LogP contribution is 2.36. The van der Waals surface area contributed by atoms with Gasteiger partial charge in [0.25, 0.3) is 5.56 Å². The summed E-state index contributed by atoms with van der Waals surface area (Å²) in [6.45, 7) is 4.38. The maximum atomic E-state index is 12.2. The number of rotatable bonds is 4. The van der Waals surface area contributed by atoms with E-state index in [2.05, 4.69) is 20.4 Å². The SMILES string of the molecule is CCc1nnc(NC(=O)CSC(=S)N2C[C@H]3C[C@H](C2)c2cccc(=O)n2C3)s1. The Balaban J connectivity index is 1.33. The number of nitrogens with one attached hydrogen (secondary N) is 1. The van der Waals surface area contributed by atoms with Crippen LogP contribution in [0, 0.1) is 5.92 Å². The van der Waals surface area contributed by atoms with Crippen molar-refractivity contribution < 1.29 is 4.79 Å². The fourth-order valence-corrected chi connectivity index (χ4v) is 5.55. The van der Waals surface area contributed by atoms with Gasteiger partial charge in [-0.3, -0.25) is 14.9 Å². The fourth-order valence-electron chi connectivity index (χ4n) is 3.87. The molecule has 4 rings (SSSR count). The van der Waals surface area contributed by atoms with Crippen molar-refractivity contribution in [3.8, 4) is 0 Å². The van der Waals surface area contributed by atoms with Crippen LogP contribution in [0.3, 0.4) is 0 Å². The number of hydrogen-bond acceptors (Lipinski definition) is 7. The Morgan fingerprint density at radius 1 is 1.36 bits per heavy atom. The van der Waals surface area contributed by atoms with Gasteiger partial charge in [0.05, 0.1) is 5.75 Å². The molecule has 10 heteroatoms. The molecule has 7 nitrogen and oxygen atoms in total. The Morgan fingerprint density at radius 3 is 3.00 bits per heavy atom. The van der Waals surface area contributed by atoms with E-state index < -0.39 is 0 Å². The zero-order valence-electron chi connectivity index (χ0n) is 15.5. The summed E-state index contributed by atoms with van der Waals surface area (Å²) >= 11 is 8.37. The number of aromatic nitrogens is 3. The van der Waals surface area contributed by atoms with E-state index in [4.69, 9.17) is 12.2 Å². The first kappa shape index (κ1) is 19.5. The third-order valence-corrected chi connectivity index (χ3v) is 7.59. The molecule has 2 aromatic rings. The molecule has 1 amide bonds. The lowest BCUT2D eigenvalue weighted by atomic mass is 9.83. The number of pyridine rings is 1. The zero-order valence-corrected chi connectivity index (χ0v) is 17.9. The van der Waals surface area contributed by atoms with Crippen LogP contribution in [-0.2, 0) is 17.8 Å². The molecule has 0 spiro atoms. The number of hydrogen-bond donors (Lipinski definition) is 1. The van der Waals surface area contributed by atoms with E-state index in [1.54, 1.807) is 6.07 Å². The number of fused-ring (bicyclic) bond motifs is 4. The number of piperidine rings is 1. The molecule has 2 aliphatic rings. The van der Waals surface area contributed by atoms with E-state index in [0.717, 1.165) is 47.5 Å². The van der Waals surface area contributed by atoms with Gasteiger partial charge in [-0.05, 0) is 24.8 Å². The van der Waals surface area contributed by atoms with Crippen LogP contribution in [0.25, 0.3) is 0 Å². The van der Waals surface area contributed by atoms with Crippen molar-refractivity contribution >= 4 is 50.7 Å². The Hall–Kier alpha value is -1.78. The number of amides is 1. The normalized spacial score (nSPS) is 20.5. The minimum atomic E-state index is -0.125. The lowest BCUT2D eigenvalue weighted by Crippen LogP contribution is -2.48. The van der Waals surface area contributed by atoms with Gasteiger partial charge in [0.15, 0.2) is 0 Å². The molecule has 2 bridgehead atoms. The van der Waals surface area contributed by atoms with Crippen LogP contribution in [0.5, 0.6) is 0 Å². The van der Waals surface area contributed by atoms with Gasteiger partial charge in [-0.15, -0.1) is 10.2 Å². The smallest absolute Gasteiger partial charge is 0.250 e. The minimum absolute atomic E-state index is 0.0807. The second kappa shape index (κ2) is 8.30. The summed E-state index contributed by atoms with van der Waals surface area (Å²) in [4.78, 5) is 26.5. The van der Waals surface area contributed by atoms with Gasteiger partial charge < -0.3 is 9.47 Å². The summed E-state index contributed by atoms with van der Waals surface area (Å²) in [6, 6.07) is 5.51. The lowest BCUT2D eigenvalue weighted by molar-refractivity contribution is -0.113. The molecule has 0 aromatic carbocycles. The van der Waals surface area contributed by atoms with Crippen molar-refractivity contribution in [2.45, 2.75) is 32.2 Å². The molecule has 4 heterocycles. The molecule has 28 heavy (non-hydrogen) atoms. The average molecular weight is 436 g/mol. The first-order valence-electron chi connectivity index (χ1n) is 9.27. The van der Waals surface area contributed by atoms with Gasteiger partial charge in [0.1, 0.15) is 9.33 Å². The highest BCUT2D eigenvalue weighted by atomic mass is 32.2. The first-order chi connectivity index (χ1) is 13.5. The number of carbonyl (C=O) groups is 1. The maximum Gasteiger partial charge on any atom is 0.250 e. The van der Waals surface area contributed by atoms with Crippen LogP contribution in [0.1, 0.15) is 30.0 Å². The summed E-state index contributed by atoms with van der Waals surface area (Å²) in [5.74, 6) is 0.845. The van der Waals surface area contributed by atoms with Gasteiger partial charge in [-0.1, -0.05) is 48.3 Å². The summed E-state index contributed by atoms with van der Waals surface area (Å²) in [7, 11) is 0. The predicted octanol–water partition coefficient (Wildman–Crippen LogP) is 2.34. The largest absolute Gasteiger partial charge is 0.356 e. The van der Waals surface area contributed by atoms with Gasteiger partial charge in [-0.2, -0.15) is 0 Å². The number of anilines is 1. The lowest BCUT2D eigenvalue weighted by Gasteiger charge is -2.43. The van der Waals surface area contributed by atoms with Crippen molar-refractivity contribution in [3.63, 3.8) is 0 Å². The summed E-state index contributed by atoms with van der Waals surface area (Å²) in [6.07, 6.45) is 1.89. The van der Waals surface area contributed by atoms with Gasteiger partial charge in [-0.25, -0.2) is 0 Å². The van der Waals surface area contributed by atoms with E-state index in [9.17, 15) is 9.59 Å². The standard InChI is InChI=1S/C18H21N5O2S3/c1-2-15-20-21-17(28-15)19-14(24)10-27-18(26)22-7-11-6-12(9-22)13-4-3-5-16(25)23(13)8-11/h3-5,11-12H,2,6-10H2,1H3,(H,19,21,24)/t11-,12-/m1/s1. The third kappa shape index (κ3) is 4.13. The number of nitrogens with zero attached hydrogens (tertiary/aromatic N) is 4. The molecule has 0 saturated carbocycles. The molecule has 0 unspecified atom stereocenters. The predicted molar refractivity (Wildman–Crippen MR) is 116 cm³/mol. The van der Waals surface area contributed by atoms with Crippen LogP contribution in [0.15, 0.2) is 23.0 Å². The highest BCUT2D eigenvalue weighted by Gasteiger charge is 2.35. The van der Waals surface area contributed by atoms with Crippen molar-refractivity contribution in [2.24, 2.45) is 5.92 Å². The van der Waals surface area contributed by atoms with E-state index in [0.29, 0.717) is 17.0 Å². The Bertz CT molecular complexity index is 957.